The lowest BCUT2D eigenvalue weighted by Gasteiger charge is -2.18. The van der Waals surface area contributed by atoms with Gasteiger partial charge in [0.25, 0.3) is 0 Å². The third-order valence-electron chi connectivity index (χ3n) is 1.77. The second-order valence-corrected chi connectivity index (χ2v) is 2.76. The van der Waals surface area contributed by atoms with Crippen molar-refractivity contribution < 1.29 is 0 Å². The van der Waals surface area contributed by atoms with Crippen LogP contribution in [0.4, 0.5) is 0 Å². The molecule has 0 rings (SSSR count). The van der Waals surface area contributed by atoms with Crippen LogP contribution in [0.25, 0.3) is 0 Å². The summed E-state index contributed by atoms with van der Waals surface area (Å²) in [6.07, 6.45) is 7.73. The first-order valence-electron chi connectivity index (χ1n) is 4.14. The minimum Gasteiger partial charge on any atom is -0.326 e. The molecule has 0 saturated carbocycles. The lowest BCUT2D eigenvalue weighted by atomic mass is 10.0. The molecule has 0 nitrogen and oxygen atoms in total. The van der Waals surface area contributed by atoms with Gasteiger partial charge in [-0.15, -0.1) is 0 Å². The second kappa shape index (κ2) is 6.12. The third-order valence-corrected chi connectivity index (χ3v) is 1.77. The van der Waals surface area contributed by atoms with Crippen molar-refractivity contribution in [2.45, 2.75) is 46.5 Å². The van der Waals surface area contributed by atoms with Crippen LogP contribution in [0.15, 0.2) is 0 Å². The molecule has 0 aliphatic carbocycles. The molecule has 0 aromatic heterocycles. The summed E-state index contributed by atoms with van der Waals surface area (Å²) in [5, 5.41) is 0. The molecule has 9 heavy (non-hydrogen) atoms. The van der Waals surface area contributed by atoms with E-state index < -0.39 is 0 Å². The summed E-state index contributed by atoms with van der Waals surface area (Å²) < 4.78 is 0. The zero-order valence-corrected chi connectivity index (χ0v) is 6.98. The Morgan fingerprint density at radius 1 is 1.33 bits per heavy atom. The molecule has 0 heterocycles. The van der Waals surface area contributed by atoms with Crippen molar-refractivity contribution in [2.75, 3.05) is 0 Å². The SMILES string of the molecule is CCCC[CH-]C(C)CC. The van der Waals surface area contributed by atoms with E-state index in [1.54, 1.807) is 0 Å². The molecule has 56 valence electrons. The Morgan fingerprint density at radius 2 is 2.00 bits per heavy atom. The first-order valence-corrected chi connectivity index (χ1v) is 4.14. The van der Waals surface area contributed by atoms with Crippen LogP contribution in [0.5, 0.6) is 0 Å². The van der Waals surface area contributed by atoms with E-state index in [-0.39, 0.29) is 0 Å². The molecule has 0 aromatic carbocycles. The van der Waals surface area contributed by atoms with Crippen LogP contribution >= 0.6 is 0 Å². The van der Waals surface area contributed by atoms with E-state index in [1.807, 2.05) is 0 Å². The van der Waals surface area contributed by atoms with E-state index in [0.29, 0.717) is 0 Å². The largest absolute Gasteiger partial charge is 0.326 e. The Balaban J connectivity index is 2.88. The van der Waals surface area contributed by atoms with Crippen molar-refractivity contribution in [1.82, 2.24) is 0 Å². The molecule has 0 amide bonds. The van der Waals surface area contributed by atoms with Gasteiger partial charge in [-0.05, 0) is 0 Å². The molecule has 0 aliphatic rings. The first kappa shape index (κ1) is 9.00. The summed E-state index contributed by atoms with van der Waals surface area (Å²) in [6.45, 7) is 6.77. The zero-order valence-electron chi connectivity index (χ0n) is 6.98. The average molecular weight is 127 g/mol. The Kier molecular flexibility index (Phi) is 6.12. The van der Waals surface area contributed by atoms with Gasteiger partial charge in [0.05, 0.1) is 0 Å². The smallest absolute Gasteiger partial charge is 0.0586 e. The molecule has 1 unspecified atom stereocenters. The molecule has 0 fully saturated rings. The predicted molar refractivity (Wildman–Crippen MR) is 43.3 cm³/mol. The van der Waals surface area contributed by atoms with Crippen LogP contribution in [-0.2, 0) is 0 Å². The molecule has 0 heteroatoms. The van der Waals surface area contributed by atoms with Crippen LogP contribution in [0, 0.1) is 12.3 Å². The van der Waals surface area contributed by atoms with Crippen LogP contribution in [0.1, 0.15) is 46.5 Å². The number of hydrogen-bond acceptors (Lipinski definition) is 0. The Hall–Kier alpha value is 0. The Labute approximate surface area is 59.7 Å². The maximum atomic E-state index is 2.43. The number of unbranched alkanes of at least 4 members (excludes halogenated alkanes) is 2. The van der Waals surface area contributed by atoms with Gasteiger partial charge in [0.2, 0.25) is 0 Å². The van der Waals surface area contributed by atoms with Crippen LogP contribution < -0.4 is 0 Å². The van der Waals surface area contributed by atoms with Crippen molar-refractivity contribution in [3.63, 3.8) is 0 Å². The molecular formula is C9H19-. The van der Waals surface area contributed by atoms with Crippen LogP contribution in [0.3, 0.4) is 0 Å². The molecule has 0 bridgehead atoms. The van der Waals surface area contributed by atoms with Crippen molar-refractivity contribution in [3.8, 4) is 0 Å². The summed E-state index contributed by atoms with van der Waals surface area (Å²) in [4.78, 5) is 0. The van der Waals surface area contributed by atoms with E-state index in [0.717, 1.165) is 5.92 Å². The number of hydrogen-bond donors (Lipinski definition) is 0. The highest BCUT2D eigenvalue weighted by Crippen LogP contribution is 2.10. The summed E-state index contributed by atoms with van der Waals surface area (Å²) in [5.74, 6) is 0.830. The highest BCUT2D eigenvalue weighted by molar-refractivity contribution is 4.70. The molecule has 0 aliphatic heterocycles. The van der Waals surface area contributed by atoms with Gasteiger partial charge in [0, 0.05) is 0 Å². The van der Waals surface area contributed by atoms with Gasteiger partial charge in [0.1, 0.15) is 0 Å². The Morgan fingerprint density at radius 3 is 2.44 bits per heavy atom. The molecule has 0 spiro atoms. The fraction of sp³-hybridized carbons (Fsp3) is 0.889. The van der Waals surface area contributed by atoms with Gasteiger partial charge in [0.15, 0.2) is 0 Å². The minimum atomic E-state index is 0.830. The third kappa shape index (κ3) is 5.88. The van der Waals surface area contributed by atoms with E-state index in [1.165, 1.54) is 25.7 Å². The fourth-order valence-corrected chi connectivity index (χ4v) is 0.773. The number of rotatable bonds is 5. The molecule has 1 atom stereocenters. The van der Waals surface area contributed by atoms with E-state index >= 15 is 0 Å². The zero-order chi connectivity index (χ0) is 7.11. The van der Waals surface area contributed by atoms with Gasteiger partial charge >= 0.3 is 0 Å². The van der Waals surface area contributed by atoms with Crippen LogP contribution in [0.2, 0.25) is 0 Å². The molecule has 0 aromatic rings. The van der Waals surface area contributed by atoms with Gasteiger partial charge in [-0.1, -0.05) is 40.0 Å². The molecule has 0 N–H and O–H groups in total. The van der Waals surface area contributed by atoms with E-state index in [9.17, 15) is 0 Å². The summed E-state index contributed by atoms with van der Waals surface area (Å²) in [6, 6.07) is 0. The van der Waals surface area contributed by atoms with Crippen molar-refractivity contribution in [3.05, 3.63) is 6.42 Å². The minimum absolute atomic E-state index is 0.830. The quantitative estimate of drug-likeness (QED) is 0.392. The van der Waals surface area contributed by atoms with Gasteiger partial charge in [-0.3, -0.25) is 0 Å². The highest BCUT2D eigenvalue weighted by Gasteiger charge is 1.84. The lowest BCUT2D eigenvalue weighted by molar-refractivity contribution is 0.598. The maximum Gasteiger partial charge on any atom is -0.0586 e. The van der Waals surface area contributed by atoms with Crippen LogP contribution in [-0.4, -0.2) is 0 Å². The normalized spacial score (nSPS) is 13.7. The predicted octanol–water partition coefficient (Wildman–Crippen LogP) is 3.43. The maximum absolute atomic E-state index is 2.43. The van der Waals surface area contributed by atoms with E-state index in [4.69, 9.17) is 0 Å². The van der Waals surface area contributed by atoms with Crippen molar-refractivity contribution >= 4 is 0 Å². The van der Waals surface area contributed by atoms with Crippen molar-refractivity contribution in [2.24, 2.45) is 5.92 Å². The van der Waals surface area contributed by atoms with Gasteiger partial charge in [-0.25, -0.2) is 0 Å². The van der Waals surface area contributed by atoms with E-state index in [2.05, 4.69) is 27.2 Å². The standard InChI is InChI=1S/C9H19/c1-4-6-7-8-9(3)5-2/h8-9H,4-7H2,1-3H3/q-1. The summed E-state index contributed by atoms with van der Waals surface area (Å²) in [7, 11) is 0. The van der Waals surface area contributed by atoms with Gasteiger partial charge in [-0.2, -0.15) is 12.3 Å². The first-order chi connectivity index (χ1) is 4.31. The lowest BCUT2D eigenvalue weighted by Crippen LogP contribution is -1.91. The average Bonchev–Trinajstić information content (AvgIpc) is 1.89. The summed E-state index contributed by atoms with van der Waals surface area (Å²) >= 11 is 0. The molecule has 0 radical (unpaired) electrons. The molecule has 0 saturated heterocycles. The Bertz CT molecular complexity index is 48.0. The van der Waals surface area contributed by atoms with Crippen molar-refractivity contribution in [1.29, 1.82) is 0 Å². The fourth-order valence-electron chi connectivity index (χ4n) is 0.773. The topological polar surface area (TPSA) is 0 Å². The van der Waals surface area contributed by atoms with Gasteiger partial charge < -0.3 is 6.42 Å². The summed E-state index contributed by atoms with van der Waals surface area (Å²) in [5.41, 5.74) is 0. The molecular weight excluding hydrogens is 108 g/mol. The monoisotopic (exact) mass is 127 g/mol. The second-order valence-electron chi connectivity index (χ2n) is 2.76. The highest BCUT2D eigenvalue weighted by atomic mass is 14.0.